The van der Waals surface area contributed by atoms with Crippen molar-refractivity contribution in [3.05, 3.63) is 71.8 Å². The van der Waals surface area contributed by atoms with Gasteiger partial charge in [0.15, 0.2) is 0 Å². The molecule has 0 aliphatic rings. The average molecular weight is 294 g/mol. The smallest absolute Gasteiger partial charge is 0.130 e. The first-order chi connectivity index (χ1) is 10.6. The first-order valence-corrected chi connectivity index (χ1v) is 7.66. The quantitative estimate of drug-likeness (QED) is 0.752. The molecule has 114 valence electrons. The number of rotatable bonds is 7. The Hall–Kier alpha value is -2.22. The normalized spacial score (nSPS) is 13.4. The molecule has 22 heavy (non-hydrogen) atoms. The SMILES string of the molecule is CC(=O)C[C@@H](c1ccccc1)[C@@H](CC(C)=O)c1ccccc1. The van der Waals surface area contributed by atoms with E-state index in [9.17, 15) is 9.59 Å². The number of benzene rings is 2. The summed E-state index contributed by atoms with van der Waals surface area (Å²) in [6, 6.07) is 20.1. The molecule has 2 aromatic carbocycles. The van der Waals surface area contributed by atoms with Crippen molar-refractivity contribution in [2.24, 2.45) is 0 Å². The summed E-state index contributed by atoms with van der Waals surface area (Å²) in [6.07, 6.45) is 0.910. The monoisotopic (exact) mass is 294 g/mol. The molecule has 2 aromatic rings. The molecule has 0 amide bonds. The molecule has 0 aliphatic carbocycles. The number of hydrogen-bond donors (Lipinski definition) is 0. The van der Waals surface area contributed by atoms with E-state index in [1.807, 2.05) is 60.7 Å². The van der Waals surface area contributed by atoms with Crippen molar-refractivity contribution in [1.29, 1.82) is 0 Å². The Bertz CT molecular complexity index is 559. The van der Waals surface area contributed by atoms with E-state index in [2.05, 4.69) is 0 Å². The van der Waals surface area contributed by atoms with Gasteiger partial charge in [0.25, 0.3) is 0 Å². The van der Waals surface area contributed by atoms with Crippen LogP contribution in [0.3, 0.4) is 0 Å². The van der Waals surface area contributed by atoms with E-state index in [4.69, 9.17) is 0 Å². The molecule has 0 bridgehead atoms. The van der Waals surface area contributed by atoms with Gasteiger partial charge in [0, 0.05) is 12.8 Å². The number of ketones is 2. The predicted molar refractivity (Wildman–Crippen MR) is 89.0 cm³/mol. The van der Waals surface area contributed by atoms with Gasteiger partial charge in [0.1, 0.15) is 11.6 Å². The lowest BCUT2D eigenvalue weighted by molar-refractivity contribution is -0.119. The van der Waals surface area contributed by atoms with E-state index in [1.165, 1.54) is 0 Å². The molecule has 0 radical (unpaired) electrons. The van der Waals surface area contributed by atoms with Crippen molar-refractivity contribution < 1.29 is 9.59 Å². The molecule has 2 rings (SSSR count). The van der Waals surface area contributed by atoms with E-state index in [0.717, 1.165) is 11.1 Å². The second kappa shape index (κ2) is 7.69. The maximum absolute atomic E-state index is 11.8. The molecule has 2 heteroatoms. The minimum Gasteiger partial charge on any atom is -0.300 e. The molecule has 0 saturated heterocycles. The second-order valence-corrected chi connectivity index (χ2v) is 5.85. The Morgan fingerprint density at radius 2 is 1.00 bits per heavy atom. The summed E-state index contributed by atoms with van der Waals surface area (Å²) >= 11 is 0. The van der Waals surface area contributed by atoms with E-state index in [0.29, 0.717) is 12.8 Å². The average Bonchev–Trinajstić information content (AvgIpc) is 2.52. The van der Waals surface area contributed by atoms with Crippen LogP contribution in [-0.2, 0) is 9.59 Å². The zero-order valence-electron chi connectivity index (χ0n) is 13.2. The maximum atomic E-state index is 11.8. The van der Waals surface area contributed by atoms with Crippen LogP contribution in [0.15, 0.2) is 60.7 Å². The standard InChI is InChI=1S/C20H22O2/c1-15(21)13-19(17-9-5-3-6-10-17)20(14-16(2)22)18-11-7-4-8-12-18/h3-12,19-20H,13-14H2,1-2H3/t19-,20-/m0/s1. The van der Waals surface area contributed by atoms with Crippen LogP contribution in [0.2, 0.25) is 0 Å². The van der Waals surface area contributed by atoms with Gasteiger partial charge in [-0.25, -0.2) is 0 Å². The molecule has 0 heterocycles. The summed E-state index contributed by atoms with van der Waals surface area (Å²) in [5.74, 6) is 0.367. The van der Waals surface area contributed by atoms with Crippen LogP contribution >= 0.6 is 0 Å². The Balaban J connectivity index is 2.43. The summed E-state index contributed by atoms with van der Waals surface area (Å²) in [7, 11) is 0. The van der Waals surface area contributed by atoms with Crippen molar-refractivity contribution in [3.63, 3.8) is 0 Å². The van der Waals surface area contributed by atoms with Crippen LogP contribution in [0.1, 0.15) is 49.7 Å². The highest BCUT2D eigenvalue weighted by molar-refractivity contribution is 5.78. The van der Waals surface area contributed by atoms with Crippen molar-refractivity contribution in [2.75, 3.05) is 0 Å². The summed E-state index contributed by atoms with van der Waals surface area (Å²) < 4.78 is 0. The number of carbonyl (C=O) groups excluding carboxylic acids is 2. The third-order valence-corrected chi connectivity index (χ3v) is 3.96. The fraction of sp³-hybridized carbons (Fsp3) is 0.300. The fourth-order valence-electron chi connectivity index (χ4n) is 3.00. The molecule has 0 fully saturated rings. The first-order valence-electron chi connectivity index (χ1n) is 7.66. The van der Waals surface area contributed by atoms with Gasteiger partial charge in [-0.15, -0.1) is 0 Å². The maximum Gasteiger partial charge on any atom is 0.130 e. The van der Waals surface area contributed by atoms with Crippen molar-refractivity contribution >= 4 is 11.6 Å². The van der Waals surface area contributed by atoms with E-state index in [1.54, 1.807) is 13.8 Å². The Kier molecular flexibility index (Phi) is 5.65. The zero-order valence-corrected chi connectivity index (χ0v) is 13.2. The Morgan fingerprint density at radius 3 is 1.27 bits per heavy atom. The minimum atomic E-state index is 0.0324. The topological polar surface area (TPSA) is 34.1 Å². The van der Waals surface area contributed by atoms with E-state index in [-0.39, 0.29) is 23.4 Å². The largest absolute Gasteiger partial charge is 0.300 e. The van der Waals surface area contributed by atoms with Crippen LogP contribution in [0, 0.1) is 0 Å². The fourth-order valence-corrected chi connectivity index (χ4v) is 3.00. The van der Waals surface area contributed by atoms with Gasteiger partial charge in [-0.1, -0.05) is 60.7 Å². The third-order valence-electron chi connectivity index (χ3n) is 3.96. The highest BCUT2D eigenvalue weighted by Crippen LogP contribution is 2.38. The Labute approximate surface area is 132 Å². The van der Waals surface area contributed by atoms with E-state index < -0.39 is 0 Å². The highest BCUT2D eigenvalue weighted by Gasteiger charge is 2.27. The van der Waals surface area contributed by atoms with Gasteiger partial charge < -0.3 is 9.59 Å². The van der Waals surface area contributed by atoms with Crippen LogP contribution in [0.4, 0.5) is 0 Å². The van der Waals surface area contributed by atoms with Crippen molar-refractivity contribution in [1.82, 2.24) is 0 Å². The molecule has 2 atom stereocenters. The molecule has 0 N–H and O–H groups in total. The molecule has 0 aliphatic heterocycles. The van der Waals surface area contributed by atoms with Crippen LogP contribution in [-0.4, -0.2) is 11.6 Å². The van der Waals surface area contributed by atoms with Gasteiger partial charge in [0.2, 0.25) is 0 Å². The summed E-state index contributed by atoms with van der Waals surface area (Å²) in [4.78, 5) is 23.5. The van der Waals surface area contributed by atoms with Crippen LogP contribution in [0.5, 0.6) is 0 Å². The molecular formula is C20H22O2. The molecule has 0 aromatic heterocycles. The summed E-state index contributed by atoms with van der Waals surface area (Å²) in [5, 5.41) is 0. The molecule has 2 nitrogen and oxygen atoms in total. The lowest BCUT2D eigenvalue weighted by Gasteiger charge is -2.27. The van der Waals surface area contributed by atoms with Crippen molar-refractivity contribution in [2.45, 2.75) is 38.5 Å². The lowest BCUT2D eigenvalue weighted by Crippen LogP contribution is -2.17. The van der Waals surface area contributed by atoms with Crippen LogP contribution in [0.25, 0.3) is 0 Å². The molecular weight excluding hydrogens is 272 g/mol. The summed E-state index contributed by atoms with van der Waals surface area (Å²) in [5.41, 5.74) is 2.24. The van der Waals surface area contributed by atoms with Gasteiger partial charge in [-0.2, -0.15) is 0 Å². The highest BCUT2D eigenvalue weighted by atomic mass is 16.1. The number of hydrogen-bond acceptors (Lipinski definition) is 2. The molecule has 0 spiro atoms. The van der Waals surface area contributed by atoms with E-state index >= 15 is 0 Å². The molecule has 0 saturated carbocycles. The third kappa shape index (κ3) is 4.39. The second-order valence-electron chi connectivity index (χ2n) is 5.85. The van der Waals surface area contributed by atoms with Gasteiger partial charge in [0.05, 0.1) is 0 Å². The van der Waals surface area contributed by atoms with Crippen LogP contribution < -0.4 is 0 Å². The minimum absolute atomic E-state index is 0.0324. The zero-order chi connectivity index (χ0) is 15.9. The van der Waals surface area contributed by atoms with Gasteiger partial charge >= 0.3 is 0 Å². The number of Topliss-reactive ketones (excluding diaryl/α,β-unsaturated/α-hetero) is 2. The van der Waals surface area contributed by atoms with Gasteiger partial charge in [-0.05, 0) is 36.8 Å². The molecule has 0 unspecified atom stereocenters. The van der Waals surface area contributed by atoms with Gasteiger partial charge in [-0.3, -0.25) is 0 Å². The van der Waals surface area contributed by atoms with Crippen molar-refractivity contribution in [3.8, 4) is 0 Å². The predicted octanol–water partition coefficient (Wildman–Crippen LogP) is 4.51. The summed E-state index contributed by atoms with van der Waals surface area (Å²) in [6.45, 7) is 3.23. The Morgan fingerprint density at radius 1 is 0.682 bits per heavy atom. The number of carbonyl (C=O) groups is 2. The lowest BCUT2D eigenvalue weighted by atomic mass is 9.76. The first kappa shape index (κ1) is 16.2.